The monoisotopic (exact) mass is 285 g/mol. The van der Waals surface area contributed by atoms with Crippen molar-refractivity contribution in [2.75, 3.05) is 6.54 Å². The van der Waals surface area contributed by atoms with Crippen LogP contribution in [0.5, 0.6) is 0 Å². The number of carboxylic acid groups (broad SMARTS) is 1. The molecule has 1 unspecified atom stereocenters. The predicted octanol–water partition coefficient (Wildman–Crippen LogP) is 1.69. The van der Waals surface area contributed by atoms with Crippen molar-refractivity contribution < 1.29 is 18.3 Å². The number of aryl methyl sites for hydroxylation is 2. The Labute approximate surface area is 113 Å². The first-order valence-corrected chi connectivity index (χ1v) is 7.55. The number of sulfonamides is 1. The molecule has 0 saturated carbocycles. The van der Waals surface area contributed by atoms with Gasteiger partial charge in [-0.15, -0.1) is 0 Å². The second-order valence-corrected chi connectivity index (χ2v) is 6.39. The topological polar surface area (TPSA) is 83.5 Å². The minimum atomic E-state index is -3.66. The average Bonchev–Trinajstić information content (AvgIpc) is 2.27. The third-order valence-corrected chi connectivity index (χ3v) is 4.27. The van der Waals surface area contributed by atoms with E-state index in [0.717, 1.165) is 11.1 Å². The maximum atomic E-state index is 12.1. The van der Waals surface area contributed by atoms with Gasteiger partial charge in [-0.05, 0) is 43.5 Å². The summed E-state index contributed by atoms with van der Waals surface area (Å²) in [5.41, 5.74) is 1.70. The fourth-order valence-electron chi connectivity index (χ4n) is 1.79. The first-order valence-electron chi connectivity index (χ1n) is 6.07. The van der Waals surface area contributed by atoms with Gasteiger partial charge in [-0.2, -0.15) is 0 Å². The maximum Gasteiger partial charge on any atom is 0.307 e. The second kappa shape index (κ2) is 6.16. The molecule has 0 aliphatic heterocycles. The molecule has 1 aromatic rings. The summed E-state index contributed by atoms with van der Waals surface area (Å²) in [4.78, 5) is 11.0. The lowest BCUT2D eigenvalue weighted by atomic mass is 10.1. The Balaban J connectivity index is 2.89. The summed E-state index contributed by atoms with van der Waals surface area (Å²) in [5.74, 6) is -1.70. The number of rotatable bonds is 6. The molecule has 0 fully saturated rings. The molecule has 0 aromatic heterocycles. The maximum absolute atomic E-state index is 12.1. The molecule has 0 radical (unpaired) electrons. The molecular formula is C13H19NO4S. The smallest absolute Gasteiger partial charge is 0.307 e. The van der Waals surface area contributed by atoms with Crippen LogP contribution >= 0.6 is 0 Å². The van der Waals surface area contributed by atoms with E-state index in [9.17, 15) is 13.2 Å². The van der Waals surface area contributed by atoms with Crippen LogP contribution in [0, 0.1) is 19.8 Å². The summed E-state index contributed by atoms with van der Waals surface area (Å²) in [7, 11) is -3.66. The molecule has 0 bridgehead atoms. The molecule has 2 N–H and O–H groups in total. The molecule has 1 rings (SSSR count). The molecule has 1 atom stereocenters. The van der Waals surface area contributed by atoms with Gasteiger partial charge >= 0.3 is 5.97 Å². The van der Waals surface area contributed by atoms with Gasteiger partial charge in [-0.3, -0.25) is 4.79 Å². The molecule has 0 spiro atoms. The van der Waals surface area contributed by atoms with E-state index in [1.54, 1.807) is 19.1 Å². The quantitative estimate of drug-likeness (QED) is 0.833. The molecule has 0 aliphatic rings. The average molecular weight is 285 g/mol. The lowest BCUT2D eigenvalue weighted by molar-refractivity contribution is -0.141. The normalized spacial score (nSPS) is 13.2. The number of nitrogens with one attached hydrogen (secondary N) is 1. The van der Waals surface area contributed by atoms with Crippen molar-refractivity contribution in [3.8, 4) is 0 Å². The minimum Gasteiger partial charge on any atom is -0.481 e. The van der Waals surface area contributed by atoms with Gasteiger partial charge in [0.1, 0.15) is 0 Å². The van der Waals surface area contributed by atoms with Crippen molar-refractivity contribution >= 4 is 16.0 Å². The molecule has 0 amide bonds. The van der Waals surface area contributed by atoms with Crippen LogP contribution < -0.4 is 4.72 Å². The summed E-state index contributed by atoms with van der Waals surface area (Å²) >= 11 is 0. The zero-order valence-corrected chi connectivity index (χ0v) is 12.1. The Morgan fingerprint density at radius 2 is 1.79 bits per heavy atom. The zero-order chi connectivity index (χ0) is 14.6. The zero-order valence-electron chi connectivity index (χ0n) is 11.3. The molecular weight excluding hydrogens is 266 g/mol. The van der Waals surface area contributed by atoms with Gasteiger partial charge < -0.3 is 5.11 Å². The van der Waals surface area contributed by atoms with Gasteiger partial charge in [0.2, 0.25) is 10.0 Å². The number of hydrogen-bond donors (Lipinski definition) is 2. The largest absolute Gasteiger partial charge is 0.481 e. The van der Waals surface area contributed by atoms with Crippen molar-refractivity contribution in [3.05, 3.63) is 29.3 Å². The third-order valence-electron chi connectivity index (χ3n) is 2.87. The predicted molar refractivity (Wildman–Crippen MR) is 72.5 cm³/mol. The van der Waals surface area contributed by atoms with Crippen molar-refractivity contribution in [1.82, 2.24) is 4.72 Å². The lowest BCUT2D eigenvalue weighted by Crippen LogP contribution is -2.32. The van der Waals surface area contributed by atoms with E-state index < -0.39 is 21.9 Å². The molecule has 1 aromatic carbocycles. The lowest BCUT2D eigenvalue weighted by Gasteiger charge is -2.12. The van der Waals surface area contributed by atoms with Gasteiger partial charge in [0.05, 0.1) is 10.8 Å². The highest BCUT2D eigenvalue weighted by Crippen LogP contribution is 2.14. The van der Waals surface area contributed by atoms with Crippen LogP contribution in [0.15, 0.2) is 23.1 Å². The van der Waals surface area contributed by atoms with Gasteiger partial charge in [0, 0.05) is 6.54 Å². The summed E-state index contributed by atoms with van der Waals surface area (Å²) in [6.45, 7) is 5.25. The summed E-state index contributed by atoms with van der Waals surface area (Å²) in [6, 6.07) is 5.01. The number of aliphatic carboxylic acids is 1. The highest BCUT2D eigenvalue weighted by molar-refractivity contribution is 7.89. The van der Waals surface area contributed by atoms with Gasteiger partial charge in [-0.25, -0.2) is 13.1 Å². The first-order chi connectivity index (χ1) is 8.76. The van der Waals surface area contributed by atoms with Crippen molar-refractivity contribution in [1.29, 1.82) is 0 Å². The standard InChI is InChI=1S/C13H19NO4S/c1-4-11(13(15)16)8-14-19(17,18)12-6-9(2)5-10(3)7-12/h5-7,11,14H,4,8H2,1-3H3,(H,15,16). The molecule has 0 saturated heterocycles. The van der Waals surface area contributed by atoms with Crippen molar-refractivity contribution in [2.45, 2.75) is 32.1 Å². The second-order valence-electron chi connectivity index (χ2n) is 4.62. The number of benzene rings is 1. The van der Waals surface area contributed by atoms with Crippen LogP contribution in [0.25, 0.3) is 0 Å². The number of carboxylic acids is 1. The Bertz CT molecular complexity index is 546. The molecule has 19 heavy (non-hydrogen) atoms. The van der Waals surface area contributed by atoms with Crippen LogP contribution in [0.3, 0.4) is 0 Å². The van der Waals surface area contributed by atoms with Gasteiger partial charge in [0.15, 0.2) is 0 Å². The SMILES string of the molecule is CCC(CNS(=O)(=O)c1cc(C)cc(C)c1)C(=O)O. The van der Waals surface area contributed by atoms with Crippen LogP contribution in [0.2, 0.25) is 0 Å². The van der Waals surface area contributed by atoms with Crippen LogP contribution in [-0.4, -0.2) is 26.0 Å². The van der Waals surface area contributed by atoms with Gasteiger partial charge in [0.25, 0.3) is 0 Å². The molecule has 0 heterocycles. The Morgan fingerprint density at radius 3 is 2.21 bits per heavy atom. The Kier molecular flexibility index (Phi) is 5.08. The van der Waals surface area contributed by atoms with Crippen LogP contribution in [0.1, 0.15) is 24.5 Å². The Hall–Kier alpha value is -1.40. The summed E-state index contributed by atoms with van der Waals surface area (Å²) in [5, 5.41) is 8.89. The van der Waals surface area contributed by atoms with Crippen LogP contribution in [0.4, 0.5) is 0 Å². The summed E-state index contributed by atoms with van der Waals surface area (Å²) in [6.07, 6.45) is 0.380. The molecule has 0 aliphatic carbocycles. The van der Waals surface area contributed by atoms with Crippen molar-refractivity contribution in [3.63, 3.8) is 0 Å². The third kappa shape index (κ3) is 4.33. The highest BCUT2D eigenvalue weighted by Gasteiger charge is 2.20. The van der Waals surface area contributed by atoms with E-state index in [1.807, 2.05) is 19.9 Å². The minimum absolute atomic E-state index is 0.0961. The van der Waals surface area contributed by atoms with E-state index in [-0.39, 0.29) is 11.4 Å². The molecule has 106 valence electrons. The fraction of sp³-hybridized carbons (Fsp3) is 0.462. The summed E-state index contributed by atoms with van der Waals surface area (Å²) < 4.78 is 26.5. The van der Waals surface area contributed by atoms with E-state index in [0.29, 0.717) is 6.42 Å². The number of hydrogen-bond acceptors (Lipinski definition) is 3. The fourth-order valence-corrected chi connectivity index (χ4v) is 3.06. The van der Waals surface area contributed by atoms with E-state index in [2.05, 4.69) is 4.72 Å². The first kappa shape index (κ1) is 15.7. The van der Waals surface area contributed by atoms with Gasteiger partial charge in [-0.1, -0.05) is 13.0 Å². The van der Waals surface area contributed by atoms with E-state index in [1.165, 1.54) is 0 Å². The number of carbonyl (C=O) groups is 1. The van der Waals surface area contributed by atoms with Crippen molar-refractivity contribution in [2.24, 2.45) is 5.92 Å². The Morgan fingerprint density at radius 1 is 1.26 bits per heavy atom. The van der Waals surface area contributed by atoms with Crippen LogP contribution in [-0.2, 0) is 14.8 Å². The molecule has 5 nitrogen and oxygen atoms in total. The molecule has 6 heteroatoms. The van der Waals surface area contributed by atoms with E-state index >= 15 is 0 Å². The highest BCUT2D eigenvalue weighted by atomic mass is 32.2. The van der Waals surface area contributed by atoms with E-state index in [4.69, 9.17) is 5.11 Å².